The minimum Gasteiger partial charge on any atom is -0.497 e. The first-order valence-electron chi connectivity index (χ1n) is 5.62. The summed E-state index contributed by atoms with van der Waals surface area (Å²) in [4.78, 5) is 22.2. The van der Waals surface area contributed by atoms with Crippen molar-refractivity contribution in [3.05, 3.63) is 30.0 Å². The van der Waals surface area contributed by atoms with Crippen LogP contribution in [0.25, 0.3) is 11.3 Å². The van der Waals surface area contributed by atoms with E-state index in [9.17, 15) is 9.59 Å². The SMILES string of the molecule is COc1ccc(-c2c(C(=O)O)nnn2CC(N)=O)cc1. The van der Waals surface area contributed by atoms with Crippen LogP contribution in [0.3, 0.4) is 0 Å². The molecule has 2 aromatic rings. The summed E-state index contributed by atoms with van der Waals surface area (Å²) in [6.07, 6.45) is 0. The van der Waals surface area contributed by atoms with Crippen molar-refractivity contribution in [2.45, 2.75) is 6.54 Å². The van der Waals surface area contributed by atoms with Gasteiger partial charge in [0.05, 0.1) is 7.11 Å². The lowest BCUT2D eigenvalue weighted by Gasteiger charge is -2.06. The number of primary amides is 1. The molecule has 2 rings (SSSR count). The molecule has 8 heteroatoms. The van der Waals surface area contributed by atoms with E-state index in [0.717, 1.165) is 4.68 Å². The number of hydrogen-bond donors (Lipinski definition) is 2. The predicted molar refractivity (Wildman–Crippen MR) is 68.2 cm³/mol. The highest BCUT2D eigenvalue weighted by Gasteiger charge is 2.21. The van der Waals surface area contributed by atoms with Crippen molar-refractivity contribution in [1.29, 1.82) is 0 Å². The standard InChI is InChI=1S/C12H12N4O4/c1-20-8-4-2-7(3-5-8)11-10(12(18)19)14-15-16(11)6-9(13)17/h2-5H,6H2,1H3,(H2,13,17)(H,18,19). The number of amides is 1. The Morgan fingerprint density at radius 1 is 1.35 bits per heavy atom. The van der Waals surface area contributed by atoms with Gasteiger partial charge in [-0.1, -0.05) is 5.21 Å². The normalized spacial score (nSPS) is 10.2. The van der Waals surface area contributed by atoms with E-state index in [1.54, 1.807) is 24.3 Å². The van der Waals surface area contributed by atoms with Crippen LogP contribution >= 0.6 is 0 Å². The number of nitrogens with two attached hydrogens (primary N) is 1. The number of rotatable bonds is 5. The number of hydrogen-bond acceptors (Lipinski definition) is 5. The minimum absolute atomic E-state index is 0.221. The molecule has 3 N–H and O–H groups in total. The van der Waals surface area contributed by atoms with E-state index >= 15 is 0 Å². The Hall–Kier alpha value is -2.90. The van der Waals surface area contributed by atoms with Crippen LogP contribution in [-0.2, 0) is 11.3 Å². The second-order valence-electron chi connectivity index (χ2n) is 3.94. The average Bonchev–Trinajstić information content (AvgIpc) is 2.82. The van der Waals surface area contributed by atoms with Gasteiger partial charge in [-0.3, -0.25) is 4.79 Å². The van der Waals surface area contributed by atoms with Gasteiger partial charge in [-0.25, -0.2) is 9.48 Å². The molecule has 1 amide bonds. The number of carbonyl (C=O) groups excluding carboxylic acids is 1. The molecule has 0 saturated heterocycles. The largest absolute Gasteiger partial charge is 0.497 e. The van der Waals surface area contributed by atoms with Gasteiger partial charge in [-0.15, -0.1) is 5.10 Å². The Morgan fingerprint density at radius 2 is 2.00 bits per heavy atom. The average molecular weight is 276 g/mol. The van der Waals surface area contributed by atoms with E-state index in [1.165, 1.54) is 7.11 Å². The third-order valence-corrected chi connectivity index (χ3v) is 2.61. The number of carboxylic acid groups (broad SMARTS) is 1. The first-order valence-corrected chi connectivity index (χ1v) is 5.62. The van der Waals surface area contributed by atoms with Crippen LogP contribution in [-0.4, -0.2) is 39.1 Å². The summed E-state index contributed by atoms with van der Waals surface area (Å²) in [6.45, 7) is -0.248. The minimum atomic E-state index is -1.23. The summed E-state index contributed by atoms with van der Waals surface area (Å²) in [5, 5.41) is 16.3. The zero-order valence-electron chi connectivity index (χ0n) is 10.6. The van der Waals surface area contributed by atoms with E-state index in [0.29, 0.717) is 11.3 Å². The van der Waals surface area contributed by atoms with Crippen LogP contribution in [0.5, 0.6) is 5.75 Å². The molecule has 0 aliphatic carbocycles. The predicted octanol–water partition coefficient (Wildman–Crippen LogP) is 0.137. The zero-order chi connectivity index (χ0) is 14.7. The number of carboxylic acids is 1. The topological polar surface area (TPSA) is 120 Å². The van der Waals surface area contributed by atoms with Crippen LogP contribution in [0, 0.1) is 0 Å². The van der Waals surface area contributed by atoms with Crippen LogP contribution < -0.4 is 10.5 Å². The van der Waals surface area contributed by atoms with E-state index < -0.39 is 11.9 Å². The van der Waals surface area contributed by atoms with Gasteiger partial charge in [-0.2, -0.15) is 0 Å². The lowest BCUT2D eigenvalue weighted by Crippen LogP contribution is -2.20. The van der Waals surface area contributed by atoms with Crippen LogP contribution in [0.1, 0.15) is 10.5 Å². The Kier molecular flexibility index (Phi) is 3.65. The summed E-state index contributed by atoms with van der Waals surface area (Å²) < 4.78 is 6.19. The molecule has 0 unspecified atom stereocenters. The maximum atomic E-state index is 11.2. The molecule has 1 aromatic heterocycles. The van der Waals surface area contributed by atoms with Gasteiger partial charge in [0, 0.05) is 5.56 Å². The summed E-state index contributed by atoms with van der Waals surface area (Å²) in [7, 11) is 1.52. The molecule has 0 aliphatic rings. The van der Waals surface area contributed by atoms with Crippen molar-refractivity contribution in [3.63, 3.8) is 0 Å². The lowest BCUT2D eigenvalue weighted by atomic mass is 10.1. The molecule has 0 atom stereocenters. The highest BCUT2D eigenvalue weighted by molar-refractivity contribution is 5.93. The molecule has 0 aliphatic heterocycles. The van der Waals surface area contributed by atoms with E-state index in [2.05, 4.69) is 10.3 Å². The van der Waals surface area contributed by atoms with E-state index in [4.69, 9.17) is 15.6 Å². The van der Waals surface area contributed by atoms with Crippen LogP contribution in [0.15, 0.2) is 24.3 Å². The Labute approximate surface area is 113 Å². The molecule has 0 spiro atoms. The monoisotopic (exact) mass is 276 g/mol. The quantitative estimate of drug-likeness (QED) is 0.801. The van der Waals surface area contributed by atoms with Gasteiger partial charge >= 0.3 is 5.97 Å². The fraction of sp³-hybridized carbons (Fsp3) is 0.167. The van der Waals surface area contributed by atoms with Crippen molar-refractivity contribution in [1.82, 2.24) is 15.0 Å². The summed E-state index contributed by atoms with van der Waals surface area (Å²) in [6, 6.07) is 6.65. The zero-order valence-corrected chi connectivity index (χ0v) is 10.6. The number of aromatic carboxylic acids is 1. The van der Waals surface area contributed by atoms with Crippen molar-refractivity contribution in [2.24, 2.45) is 5.73 Å². The number of carbonyl (C=O) groups is 2. The fourth-order valence-corrected chi connectivity index (χ4v) is 1.75. The maximum Gasteiger partial charge on any atom is 0.358 e. The van der Waals surface area contributed by atoms with Crippen molar-refractivity contribution in [3.8, 4) is 17.0 Å². The maximum absolute atomic E-state index is 11.2. The van der Waals surface area contributed by atoms with Crippen LogP contribution in [0.4, 0.5) is 0 Å². The summed E-state index contributed by atoms with van der Waals surface area (Å²) in [5.41, 5.74) is 5.64. The third-order valence-electron chi connectivity index (χ3n) is 2.61. The first-order chi connectivity index (χ1) is 9.52. The number of nitrogens with zero attached hydrogens (tertiary/aromatic N) is 3. The van der Waals surface area contributed by atoms with Gasteiger partial charge in [0.15, 0.2) is 5.69 Å². The van der Waals surface area contributed by atoms with Gasteiger partial charge in [-0.05, 0) is 24.3 Å². The molecule has 8 nitrogen and oxygen atoms in total. The molecule has 1 aromatic carbocycles. The smallest absolute Gasteiger partial charge is 0.358 e. The first kappa shape index (κ1) is 13.5. The lowest BCUT2D eigenvalue weighted by molar-refractivity contribution is -0.118. The van der Waals surface area contributed by atoms with Gasteiger partial charge in [0.1, 0.15) is 18.0 Å². The molecule has 104 valence electrons. The Bertz CT molecular complexity index is 648. The molecular formula is C12H12N4O4. The van der Waals surface area contributed by atoms with Gasteiger partial charge in [0.25, 0.3) is 0 Å². The molecule has 0 bridgehead atoms. The fourth-order valence-electron chi connectivity index (χ4n) is 1.75. The molecule has 20 heavy (non-hydrogen) atoms. The Balaban J connectivity index is 2.53. The van der Waals surface area contributed by atoms with Gasteiger partial charge < -0.3 is 15.6 Å². The molecular weight excluding hydrogens is 264 g/mol. The number of benzene rings is 1. The molecule has 0 saturated carbocycles. The van der Waals surface area contributed by atoms with Crippen molar-refractivity contribution in [2.75, 3.05) is 7.11 Å². The third kappa shape index (κ3) is 2.58. The van der Waals surface area contributed by atoms with E-state index in [1.807, 2.05) is 0 Å². The van der Waals surface area contributed by atoms with Crippen LogP contribution in [0.2, 0.25) is 0 Å². The second-order valence-corrected chi connectivity index (χ2v) is 3.94. The number of ether oxygens (including phenoxy) is 1. The number of aromatic nitrogens is 3. The van der Waals surface area contributed by atoms with Crippen molar-refractivity contribution < 1.29 is 19.4 Å². The highest BCUT2D eigenvalue weighted by atomic mass is 16.5. The van der Waals surface area contributed by atoms with Crippen molar-refractivity contribution >= 4 is 11.9 Å². The number of methoxy groups -OCH3 is 1. The molecule has 1 heterocycles. The summed E-state index contributed by atoms with van der Waals surface area (Å²) in [5.74, 6) is -1.24. The highest BCUT2D eigenvalue weighted by Crippen LogP contribution is 2.24. The summed E-state index contributed by atoms with van der Waals surface area (Å²) >= 11 is 0. The molecule has 0 fully saturated rings. The molecule has 0 radical (unpaired) electrons. The van der Waals surface area contributed by atoms with Gasteiger partial charge in [0.2, 0.25) is 5.91 Å². The van der Waals surface area contributed by atoms with E-state index in [-0.39, 0.29) is 17.9 Å². The second kappa shape index (κ2) is 5.39. The Morgan fingerprint density at radius 3 is 2.50 bits per heavy atom.